The molecule has 0 radical (unpaired) electrons. The summed E-state index contributed by atoms with van der Waals surface area (Å²) in [5.41, 5.74) is 2.14. The van der Waals surface area contributed by atoms with Crippen LogP contribution in [0.2, 0.25) is 0 Å². The zero-order chi connectivity index (χ0) is 18.4. The van der Waals surface area contributed by atoms with E-state index >= 15 is 0 Å². The monoisotopic (exact) mass is 343 g/mol. The van der Waals surface area contributed by atoms with Crippen molar-refractivity contribution in [2.45, 2.75) is 13.8 Å². The predicted octanol–water partition coefficient (Wildman–Crippen LogP) is 3.44. The van der Waals surface area contributed by atoms with Gasteiger partial charge in [0.1, 0.15) is 11.5 Å². The number of anilines is 1. The van der Waals surface area contributed by atoms with Crippen LogP contribution in [0.15, 0.2) is 36.4 Å². The van der Waals surface area contributed by atoms with E-state index in [1.807, 2.05) is 6.92 Å². The molecule has 0 fully saturated rings. The third kappa shape index (κ3) is 4.50. The molecular weight excluding hydrogens is 322 g/mol. The molecule has 1 N–H and O–H groups in total. The van der Waals surface area contributed by atoms with Gasteiger partial charge < -0.3 is 19.5 Å². The van der Waals surface area contributed by atoms with Crippen LogP contribution in [-0.4, -0.2) is 32.7 Å². The highest BCUT2D eigenvalue weighted by molar-refractivity contribution is 6.05. The minimum atomic E-state index is -0.430. The van der Waals surface area contributed by atoms with Gasteiger partial charge in [0.2, 0.25) is 0 Å². The zero-order valence-electron chi connectivity index (χ0n) is 14.7. The summed E-state index contributed by atoms with van der Waals surface area (Å²) in [6.07, 6.45) is 0. The number of hydrogen-bond acceptors (Lipinski definition) is 5. The average molecular weight is 343 g/mol. The van der Waals surface area contributed by atoms with Gasteiger partial charge in [0.15, 0.2) is 0 Å². The lowest BCUT2D eigenvalue weighted by Gasteiger charge is -2.12. The lowest BCUT2D eigenvalue weighted by molar-refractivity contribution is 0.0526. The number of hydrogen-bond donors (Lipinski definition) is 1. The first kappa shape index (κ1) is 18.3. The van der Waals surface area contributed by atoms with Crippen molar-refractivity contribution in [1.82, 2.24) is 0 Å². The Balaban J connectivity index is 2.28. The molecule has 0 aromatic heterocycles. The molecule has 6 nitrogen and oxygen atoms in total. The third-order valence-electron chi connectivity index (χ3n) is 3.61. The van der Waals surface area contributed by atoms with Gasteiger partial charge in [0.25, 0.3) is 5.91 Å². The standard InChI is InChI=1S/C19H21NO5/c1-5-25-19(22)13-7-6-12(2)17(10-13)20-18(21)14-8-15(23-3)11-16(9-14)24-4/h6-11H,5H2,1-4H3,(H,20,21). The van der Waals surface area contributed by atoms with Crippen molar-refractivity contribution in [3.8, 4) is 11.5 Å². The second-order valence-electron chi connectivity index (χ2n) is 5.31. The number of amides is 1. The van der Waals surface area contributed by atoms with E-state index < -0.39 is 5.97 Å². The van der Waals surface area contributed by atoms with E-state index in [4.69, 9.17) is 14.2 Å². The Hall–Kier alpha value is -3.02. The van der Waals surface area contributed by atoms with Crippen LogP contribution < -0.4 is 14.8 Å². The number of carbonyl (C=O) groups is 2. The van der Waals surface area contributed by atoms with Crippen LogP contribution in [-0.2, 0) is 4.74 Å². The van der Waals surface area contributed by atoms with E-state index in [0.717, 1.165) is 5.56 Å². The molecule has 0 spiro atoms. The molecule has 0 aliphatic carbocycles. The van der Waals surface area contributed by atoms with Crippen molar-refractivity contribution >= 4 is 17.6 Å². The fourth-order valence-corrected chi connectivity index (χ4v) is 2.23. The molecule has 0 bridgehead atoms. The van der Waals surface area contributed by atoms with Gasteiger partial charge in [-0.1, -0.05) is 6.07 Å². The molecule has 0 aliphatic heterocycles. The molecule has 0 saturated heterocycles. The van der Waals surface area contributed by atoms with Gasteiger partial charge in [-0.15, -0.1) is 0 Å². The number of carbonyl (C=O) groups excluding carboxylic acids is 2. The van der Waals surface area contributed by atoms with Crippen LogP contribution in [0.3, 0.4) is 0 Å². The summed E-state index contributed by atoms with van der Waals surface area (Å²) < 4.78 is 15.3. The normalized spacial score (nSPS) is 10.1. The number of aryl methyl sites for hydroxylation is 1. The Bertz CT molecular complexity index is 763. The first-order valence-corrected chi connectivity index (χ1v) is 7.80. The largest absolute Gasteiger partial charge is 0.497 e. The molecule has 0 atom stereocenters. The van der Waals surface area contributed by atoms with Crippen LogP contribution in [0.4, 0.5) is 5.69 Å². The van der Waals surface area contributed by atoms with Crippen LogP contribution in [0, 0.1) is 6.92 Å². The molecule has 0 aliphatic rings. The molecule has 0 saturated carbocycles. The van der Waals surface area contributed by atoms with E-state index in [0.29, 0.717) is 28.3 Å². The topological polar surface area (TPSA) is 73.9 Å². The SMILES string of the molecule is CCOC(=O)c1ccc(C)c(NC(=O)c2cc(OC)cc(OC)c2)c1. The van der Waals surface area contributed by atoms with Gasteiger partial charge >= 0.3 is 5.97 Å². The van der Waals surface area contributed by atoms with Crippen LogP contribution >= 0.6 is 0 Å². The number of nitrogens with one attached hydrogen (secondary N) is 1. The predicted molar refractivity (Wildman–Crippen MR) is 94.6 cm³/mol. The Morgan fingerprint density at radius 3 is 2.16 bits per heavy atom. The van der Waals surface area contributed by atoms with Crippen molar-refractivity contribution in [3.63, 3.8) is 0 Å². The number of ether oxygens (including phenoxy) is 3. The maximum atomic E-state index is 12.6. The highest BCUT2D eigenvalue weighted by Crippen LogP contribution is 2.24. The Morgan fingerprint density at radius 1 is 0.960 bits per heavy atom. The maximum absolute atomic E-state index is 12.6. The van der Waals surface area contributed by atoms with Crippen LogP contribution in [0.1, 0.15) is 33.2 Å². The lowest BCUT2D eigenvalue weighted by atomic mass is 10.1. The fourth-order valence-electron chi connectivity index (χ4n) is 2.23. The van der Waals surface area contributed by atoms with Gasteiger partial charge in [-0.2, -0.15) is 0 Å². The number of benzene rings is 2. The van der Waals surface area contributed by atoms with Crippen molar-refractivity contribution in [1.29, 1.82) is 0 Å². The summed E-state index contributed by atoms with van der Waals surface area (Å²) in [6.45, 7) is 3.87. The molecule has 0 unspecified atom stereocenters. The second kappa shape index (κ2) is 8.19. The first-order valence-electron chi connectivity index (χ1n) is 7.80. The van der Waals surface area contributed by atoms with E-state index in [-0.39, 0.29) is 12.5 Å². The minimum absolute atomic E-state index is 0.290. The van der Waals surface area contributed by atoms with E-state index in [2.05, 4.69) is 5.32 Å². The fraction of sp³-hybridized carbons (Fsp3) is 0.263. The zero-order valence-corrected chi connectivity index (χ0v) is 14.7. The molecule has 25 heavy (non-hydrogen) atoms. The number of rotatable bonds is 6. The molecule has 0 heterocycles. The smallest absolute Gasteiger partial charge is 0.338 e. The van der Waals surface area contributed by atoms with Gasteiger partial charge in [-0.3, -0.25) is 4.79 Å². The number of esters is 1. The highest BCUT2D eigenvalue weighted by Gasteiger charge is 2.14. The van der Waals surface area contributed by atoms with Crippen molar-refractivity contribution in [2.75, 3.05) is 26.1 Å². The maximum Gasteiger partial charge on any atom is 0.338 e. The summed E-state index contributed by atoms with van der Waals surface area (Å²) in [5, 5.41) is 2.81. The van der Waals surface area contributed by atoms with Gasteiger partial charge in [-0.05, 0) is 43.7 Å². The second-order valence-corrected chi connectivity index (χ2v) is 5.31. The minimum Gasteiger partial charge on any atom is -0.497 e. The summed E-state index contributed by atoms with van der Waals surface area (Å²) in [7, 11) is 3.03. The van der Waals surface area contributed by atoms with Crippen molar-refractivity contribution in [2.24, 2.45) is 0 Å². The van der Waals surface area contributed by atoms with E-state index in [9.17, 15) is 9.59 Å². The molecule has 132 valence electrons. The average Bonchev–Trinajstić information content (AvgIpc) is 2.63. The summed E-state index contributed by atoms with van der Waals surface area (Å²) >= 11 is 0. The Labute approximate surface area is 146 Å². The van der Waals surface area contributed by atoms with Crippen molar-refractivity contribution < 1.29 is 23.8 Å². The van der Waals surface area contributed by atoms with Gasteiger partial charge in [0, 0.05) is 17.3 Å². The van der Waals surface area contributed by atoms with E-state index in [1.165, 1.54) is 14.2 Å². The summed E-state index contributed by atoms with van der Waals surface area (Å²) in [5.74, 6) is 0.269. The quantitative estimate of drug-likeness (QED) is 0.813. The first-order chi connectivity index (χ1) is 12.0. The Kier molecular flexibility index (Phi) is 6.00. The molecule has 6 heteroatoms. The van der Waals surface area contributed by atoms with Crippen molar-refractivity contribution in [3.05, 3.63) is 53.1 Å². The lowest BCUT2D eigenvalue weighted by Crippen LogP contribution is -2.14. The molecular formula is C19H21NO5. The molecule has 2 rings (SSSR count). The van der Waals surface area contributed by atoms with Crippen LogP contribution in [0.25, 0.3) is 0 Å². The summed E-state index contributed by atoms with van der Waals surface area (Å²) in [4.78, 5) is 24.4. The Morgan fingerprint density at radius 2 is 1.60 bits per heavy atom. The highest BCUT2D eigenvalue weighted by atomic mass is 16.5. The van der Waals surface area contributed by atoms with Gasteiger partial charge in [-0.25, -0.2) is 4.79 Å². The molecule has 2 aromatic rings. The number of methoxy groups -OCH3 is 2. The molecule has 1 amide bonds. The summed E-state index contributed by atoms with van der Waals surface area (Å²) in [6, 6.07) is 9.93. The molecule has 2 aromatic carbocycles. The van der Waals surface area contributed by atoms with Crippen LogP contribution in [0.5, 0.6) is 11.5 Å². The third-order valence-corrected chi connectivity index (χ3v) is 3.61. The van der Waals surface area contributed by atoms with E-state index in [1.54, 1.807) is 43.3 Å². The van der Waals surface area contributed by atoms with Gasteiger partial charge in [0.05, 0.1) is 26.4 Å².